The van der Waals surface area contributed by atoms with Crippen LogP contribution in [-0.2, 0) is 11.2 Å². The summed E-state index contributed by atoms with van der Waals surface area (Å²) in [4.78, 5) is 18.6. The summed E-state index contributed by atoms with van der Waals surface area (Å²) in [6.07, 6.45) is 5.28. The number of nitrogens with zero attached hydrogens (tertiary/aromatic N) is 2. The summed E-state index contributed by atoms with van der Waals surface area (Å²) in [6, 6.07) is 3.77. The van der Waals surface area contributed by atoms with Gasteiger partial charge in [0.1, 0.15) is 5.75 Å². The molecule has 5 nitrogen and oxygen atoms in total. The van der Waals surface area contributed by atoms with Gasteiger partial charge >= 0.3 is 0 Å². The number of nitrogens with two attached hydrogens (primary N) is 1. The first-order valence-corrected chi connectivity index (χ1v) is 7.78. The number of hydrogen-bond donors (Lipinski definition) is 1. The van der Waals surface area contributed by atoms with Crippen LogP contribution in [0.4, 0.5) is 0 Å². The quantitative estimate of drug-likeness (QED) is 0.896. The molecule has 5 heteroatoms. The molecule has 1 saturated heterocycles. The maximum atomic E-state index is 12.2. The van der Waals surface area contributed by atoms with Crippen molar-refractivity contribution in [2.24, 2.45) is 5.73 Å². The lowest BCUT2D eigenvalue weighted by Gasteiger charge is -2.20. The van der Waals surface area contributed by atoms with Gasteiger partial charge in [0.2, 0.25) is 0 Å². The fourth-order valence-corrected chi connectivity index (χ4v) is 2.60. The van der Waals surface area contributed by atoms with Crippen LogP contribution in [0.1, 0.15) is 37.1 Å². The molecule has 2 rings (SSSR count). The Kier molecular flexibility index (Phi) is 5.99. The third-order valence-electron chi connectivity index (χ3n) is 3.76. The summed E-state index contributed by atoms with van der Waals surface area (Å²) < 4.78 is 5.69. The Balaban J connectivity index is 1.93. The maximum absolute atomic E-state index is 12.2. The molecule has 0 atom stereocenters. The maximum Gasteiger partial charge on any atom is 0.260 e. The third kappa shape index (κ3) is 4.70. The van der Waals surface area contributed by atoms with E-state index in [2.05, 4.69) is 4.98 Å². The van der Waals surface area contributed by atoms with Gasteiger partial charge in [-0.2, -0.15) is 0 Å². The predicted octanol–water partition coefficient (Wildman–Crippen LogP) is 1.67. The number of likely N-dealkylation sites (tertiary alicyclic amines) is 1. The van der Waals surface area contributed by atoms with Gasteiger partial charge in [0.15, 0.2) is 6.61 Å². The van der Waals surface area contributed by atoms with Crippen molar-refractivity contribution in [3.8, 4) is 5.75 Å². The third-order valence-corrected chi connectivity index (χ3v) is 3.76. The Morgan fingerprint density at radius 1 is 1.29 bits per heavy atom. The smallest absolute Gasteiger partial charge is 0.260 e. The van der Waals surface area contributed by atoms with Gasteiger partial charge in [-0.1, -0.05) is 12.8 Å². The second-order valence-electron chi connectivity index (χ2n) is 5.52. The van der Waals surface area contributed by atoms with Gasteiger partial charge in [-0.05, 0) is 38.4 Å². The van der Waals surface area contributed by atoms with Crippen LogP contribution < -0.4 is 10.5 Å². The van der Waals surface area contributed by atoms with Crippen molar-refractivity contribution in [1.29, 1.82) is 0 Å². The number of carbonyl (C=O) groups excluding carboxylic acids is 1. The molecule has 1 amide bonds. The normalized spacial score (nSPS) is 15.6. The first-order valence-electron chi connectivity index (χ1n) is 7.78. The Labute approximate surface area is 126 Å². The van der Waals surface area contributed by atoms with Crippen molar-refractivity contribution in [1.82, 2.24) is 9.88 Å². The second kappa shape index (κ2) is 7.98. The van der Waals surface area contributed by atoms with Crippen LogP contribution in [0.3, 0.4) is 0 Å². The van der Waals surface area contributed by atoms with E-state index in [0.29, 0.717) is 18.7 Å². The van der Waals surface area contributed by atoms with E-state index in [9.17, 15) is 4.79 Å². The Hall–Kier alpha value is -1.62. The van der Waals surface area contributed by atoms with Gasteiger partial charge in [-0.25, -0.2) is 0 Å². The summed E-state index contributed by atoms with van der Waals surface area (Å²) in [5, 5.41) is 0. The van der Waals surface area contributed by atoms with Crippen molar-refractivity contribution < 1.29 is 9.53 Å². The zero-order valence-corrected chi connectivity index (χ0v) is 12.8. The molecule has 0 aliphatic carbocycles. The van der Waals surface area contributed by atoms with E-state index < -0.39 is 0 Å². The average Bonchev–Trinajstić information content (AvgIpc) is 2.75. The highest BCUT2D eigenvalue weighted by Crippen LogP contribution is 2.18. The minimum Gasteiger partial charge on any atom is -0.482 e. The molecule has 0 unspecified atom stereocenters. The summed E-state index contributed by atoms with van der Waals surface area (Å²) >= 11 is 0. The van der Waals surface area contributed by atoms with E-state index in [-0.39, 0.29) is 12.5 Å². The SMILES string of the molecule is Cc1ccc(OCC(=O)N2CCCCCC2)c(CCN)n1. The highest BCUT2D eigenvalue weighted by Gasteiger charge is 2.16. The van der Waals surface area contributed by atoms with Gasteiger partial charge in [-0.3, -0.25) is 9.78 Å². The molecular formula is C16H25N3O2. The van der Waals surface area contributed by atoms with Gasteiger partial charge in [0, 0.05) is 25.2 Å². The van der Waals surface area contributed by atoms with Crippen LogP contribution in [-0.4, -0.2) is 42.0 Å². The lowest BCUT2D eigenvalue weighted by atomic mass is 10.2. The fraction of sp³-hybridized carbons (Fsp3) is 0.625. The van der Waals surface area contributed by atoms with Crippen LogP contribution in [0.2, 0.25) is 0 Å². The van der Waals surface area contributed by atoms with Gasteiger partial charge < -0.3 is 15.4 Å². The molecule has 116 valence electrons. The molecule has 0 radical (unpaired) electrons. The molecule has 1 aliphatic heterocycles. The van der Waals surface area contributed by atoms with Crippen LogP contribution in [0.15, 0.2) is 12.1 Å². The number of aromatic nitrogens is 1. The van der Waals surface area contributed by atoms with Crippen LogP contribution in [0.5, 0.6) is 5.75 Å². The zero-order chi connectivity index (χ0) is 15.1. The number of pyridine rings is 1. The number of aryl methyl sites for hydroxylation is 1. The molecule has 0 aromatic carbocycles. The fourth-order valence-electron chi connectivity index (χ4n) is 2.60. The van der Waals surface area contributed by atoms with Crippen molar-refractivity contribution in [2.75, 3.05) is 26.2 Å². The van der Waals surface area contributed by atoms with Crippen molar-refractivity contribution >= 4 is 5.91 Å². The van der Waals surface area contributed by atoms with E-state index in [1.807, 2.05) is 24.0 Å². The standard InChI is InChI=1S/C16H25N3O2/c1-13-6-7-15(14(18-13)8-9-17)21-12-16(20)19-10-4-2-3-5-11-19/h6-7H,2-5,8-12,17H2,1H3. The van der Waals surface area contributed by atoms with E-state index in [1.165, 1.54) is 12.8 Å². The number of amides is 1. The summed E-state index contributed by atoms with van der Waals surface area (Å²) in [5.41, 5.74) is 7.37. The molecule has 0 saturated carbocycles. The molecule has 2 heterocycles. The minimum absolute atomic E-state index is 0.0659. The van der Waals surface area contributed by atoms with Gasteiger partial charge in [-0.15, -0.1) is 0 Å². The van der Waals surface area contributed by atoms with E-state index in [4.69, 9.17) is 10.5 Å². The van der Waals surface area contributed by atoms with Crippen molar-refractivity contribution in [3.05, 3.63) is 23.5 Å². The second-order valence-corrected chi connectivity index (χ2v) is 5.52. The van der Waals surface area contributed by atoms with Crippen LogP contribution in [0, 0.1) is 6.92 Å². The van der Waals surface area contributed by atoms with Gasteiger partial charge in [0.05, 0.1) is 5.69 Å². The number of hydrogen-bond acceptors (Lipinski definition) is 4. The molecule has 0 bridgehead atoms. The summed E-state index contributed by atoms with van der Waals surface area (Å²) in [5.74, 6) is 0.741. The average molecular weight is 291 g/mol. The summed E-state index contributed by atoms with van der Waals surface area (Å²) in [6.45, 7) is 4.25. The lowest BCUT2D eigenvalue weighted by molar-refractivity contribution is -0.133. The number of rotatable bonds is 5. The minimum atomic E-state index is 0.0659. The highest BCUT2D eigenvalue weighted by molar-refractivity contribution is 5.77. The van der Waals surface area contributed by atoms with Crippen LogP contribution in [0.25, 0.3) is 0 Å². The molecule has 1 aromatic heterocycles. The molecule has 21 heavy (non-hydrogen) atoms. The lowest BCUT2D eigenvalue weighted by Crippen LogP contribution is -2.35. The molecule has 2 N–H and O–H groups in total. The number of carbonyl (C=O) groups is 1. The monoisotopic (exact) mass is 291 g/mol. The Morgan fingerprint density at radius 3 is 2.67 bits per heavy atom. The molecular weight excluding hydrogens is 266 g/mol. The molecule has 1 aliphatic rings. The number of ether oxygens (including phenoxy) is 1. The Morgan fingerprint density at radius 2 is 2.00 bits per heavy atom. The first-order chi connectivity index (χ1) is 10.2. The molecule has 1 aromatic rings. The van der Waals surface area contributed by atoms with E-state index >= 15 is 0 Å². The zero-order valence-electron chi connectivity index (χ0n) is 12.8. The largest absolute Gasteiger partial charge is 0.482 e. The molecule has 1 fully saturated rings. The predicted molar refractivity (Wildman–Crippen MR) is 82.3 cm³/mol. The summed E-state index contributed by atoms with van der Waals surface area (Å²) in [7, 11) is 0. The van der Waals surface area contributed by atoms with Crippen molar-refractivity contribution in [2.45, 2.75) is 39.0 Å². The van der Waals surface area contributed by atoms with Gasteiger partial charge in [0.25, 0.3) is 5.91 Å². The Bertz CT molecular complexity index is 469. The molecule has 0 spiro atoms. The van der Waals surface area contributed by atoms with Crippen molar-refractivity contribution in [3.63, 3.8) is 0 Å². The van der Waals surface area contributed by atoms with E-state index in [1.54, 1.807) is 0 Å². The van der Waals surface area contributed by atoms with Crippen LogP contribution >= 0.6 is 0 Å². The highest BCUT2D eigenvalue weighted by atomic mass is 16.5. The topological polar surface area (TPSA) is 68.5 Å². The van der Waals surface area contributed by atoms with E-state index in [0.717, 1.165) is 37.3 Å². The first kappa shape index (κ1) is 15.8.